The highest BCUT2D eigenvalue weighted by Gasteiger charge is 2.28. The van der Waals surface area contributed by atoms with Crippen molar-refractivity contribution in [2.75, 3.05) is 26.0 Å². The molecule has 27 heavy (non-hydrogen) atoms. The highest BCUT2D eigenvalue weighted by atomic mass is 16.1. The summed E-state index contributed by atoms with van der Waals surface area (Å²) in [5, 5.41) is 12.6. The zero-order valence-corrected chi connectivity index (χ0v) is 16.2. The number of likely N-dealkylation sites (N-methyl/N-ethyl adjacent to an activating group) is 1. The molecule has 0 saturated heterocycles. The molecule has 1 aliphatic rings. The number of hydrogen-bond acceptors (Lipinski definition) is 5. The van der Waals surface area contributed by atoms with E-state index in [2.05, 4.69) is 20.4 Å². The molecule has 0 aromatic carbocycles. The zero-order valence-electron chi connectivity index (χ0n) is 16.2. The van der Waals surface area contributed by atoms with Gasteiger partial charge in [-0.15, -0.1) is 0 Å². The number of anilines is 1. The van der Waals surface area contributed by atoms with Gasteiger partial charge in [-0.3, -0.25) is 14.2 Å². The Kier molecular flexibility index (Phi) is 4.43. The third-order valence-corrected chi connectivity index (χ3v) is 4.90. The van der Waals surface area contributed by atoms with E-state index in [9.17, 15) is 4.79 Å². The monoisotopic (exact) mass is 367 g/mol. The van der Waals surface area contributed by atoms with E-state index in [1.165, 1.54) is 0 Å². The molecule has 0 bridgehead atoms. The van der Waals surface area contributed by atoms with Crippen LogP contribution in [0.1, 0.15) is 40.5 Å². The Morgan fingerprint density at radius 2 is 2.15 bits per heavy atom. The van der Waals surface area contributed by atoms with Crippen molar-refractivity contribution >= 4 is 22.6 Å². The van der Waals surface area contributed by atoms with Crippen molar-refractivity contribution in [1.82, 2.24) is 29.4 Å². The van der Waals surface area contributed by atoms with Gasteiger partial charge in [0.15, 0.2) is 5.65 Å². The van der Waals surface area contributed by atoms with Gasteiger partial charge >= 0.3 is 0 Å². The maximum absolute atomic E-state index is 13.0. The minimum absolute atomic E-state index is 0.146. The molecule has 3 aromatic rings. The summed E-state index contributed by atoms with van der Waals surface area (Å²) >= 11 is 0. The molecule has 1 aliphatic carbocycles. The van der Waals surface area contributed by atoms with Gasteiger partial charge in [0.25, 0.3) is 5.91 Å². The molecule has 4 rings (SSSR count). The van der Waals surface area contributed by atoms with Crippen molar-refractivity contribution in [2.45, 2.75) is 32.2 Å². The molecule has 3 heterocycles. The summed E-state index contributed by atoms with van der Waals surface area (Å²) in [6.07, 6.45) is 5.81. The molecule has 1 N–H and O–H groups in total. The first-order chi connectivity index (χ1) is 12.9. The lowest BCUT2D eigenvalue weighted by Gasteiger charge is -2.09. The summed E-state index contributed by atoms with van der Waals surface area (Å²) in [7, 11) is 5.92. The van der Waals surface area contributed by atoms with Crippen LogP contribution >= 0.6 is 0 Å². The Morgan fingerprint density at radius 1 is 1.37 bits per heavy atom. The molecule has 1 saturated carbocycles. The fourth-order valence-electron chi connectivity index (χ4n) is 3.28. The summed E-state index contributed by atoms with van der Waals surface area (Å²) in [5.74, 6) is 0.317. The van der Waals surface area contributed by atoms with Crippen LogP contribution in [0.5, 0.6) is 0 Å². The summed E-state index contributed by atoms with van der Waals surface area (Å²) in [5.41, 5.74) is 3.89. The first kappa shape index (κ1) is 17.7. The highest BCUT2D eigenvalue weighted by molar-refractivity contribution is 6.12. The van der Waals surface area contributed by atoms with E-state index in [1.54, 1.807) is 10.9 Å². The Bertz CT molecular complexity index is 997. The fraction of sp³-hybridized carbons (Fsp3) is 0.474. The van der Waals surface area contributed by atoms with Gasteiger partial charge in [0.2, 0.25) is 0 Å². The van der Waals surface area contributed by atoms with E-state index in [1.807, 2.05) is 45.0 Å². The number of hydrogen-bond donors (Lipinski definition) is 1. The number of nitrogens with zero attached hydrogens (tertiary/aromatic N) is 6. The summed E-state index contributed by atoms with van der Waals surface area (Å²) in [6.45, 7) is 3.58. The molecule has 0 unspecified atom stereocenters. The molecule has 8 heteroatoms. The highest BCUT2D eigenvalue weighted by Crippen LogP contribution is 2.40. The number of amides is 1. The van der Waals surface area contributed by atoms with E-state index < -0.39 is 0 Å². The average Bonchev–Trinajstić information content (AvgIpc) is 3.32. The van der Waals surface area contributed by atoms with Crippen molar-refractivity contribution < 1.29 is 4.79 Å². The lowest BCUT2D eigenvalue weighted by atomic mass is 10.1. The summed E-state index contributed by atoms with van der Waals surface area (Å²) in [6, 6.07) is 1.93. The largest absolute Gasteiger partial charge is 0.319 e. The molecule has 1 fully saturated rings. The smallest absolute Gasteiger partial charge is 0.256 e. The van der Waals surface area contributed by atoms with Crippen LogP contribution < -0.4 is 5.32 Å². The Balaban J connectivity index is 1.62. The molecule has 1 amide bonds. The number of pyridine rings is 1. The third kappa shape index (κ3) is 3.57. The van der Waals surface area contributed by atoms with Gasteiger partial charge in [-0.25, -0.2) is 4.98 Å². The third-order valence-electron chi connectivity index (χ3n) is 4.90. The van der Waals surface area contributed by atoms with Gasteiger partial charge in [-0.1, -0.05) is 0 Å². The fourth-order valence-corrected chi connectivity index (χ4v) is 3.28. The van der Waals surface area contributed by atoms with Crippen LogP contribution in [0.15, 0.2) is 18.5 Å². The molecule has 0 spiro atoms. The van der Waals surface area contributed by atoms with Gasteiger partial charge in [0.05, 0.1) is 35.1 Å². The quantitative estimate of drug-likeness (QED) is 0.722. The van der Waals surface area contributed by atoms with E-state index in [4.69, 9.17) is 4.98 Å². The Labute approximate surface area is 158 Å². The SMILES string of the molecule is Cc1nn(C)c2nc(C3CC3)cc(C(=O)Nc3cnn(CCN(C)C)c3)c12. The first-order valence-electron chi connectivity index (χ1n) is 9.25. The van der Waals surface area contributed by atoms with Crippen LogP contribution in [0.25, 0.3) is 11.0 Å². The second-order valence-corrected chi connectivity index (χ2v) is 7.53. The van der Waals surface area contributed by atoms with Crippen molar-refractivity contribution in [3.05, 3.63) is 35.4 Å². The number of aryl methyl sites for hydroxylation is 2. The van der Waals surface area contributed by atoms with Gasteiger partial charge in [-0.05, 0) is 39.9 Å². The standard InChI is InChI=1S/C19H25N7O/c1-12-17-15(9-16(13-5-6-13)22-18(17)25(4)23-12)19(27)21-14-10-20-26(11-14)8-7-24(2)3/h9-11,13H,5-8H2,1-4H3,(H,21,27). The summed E-state index contributed by atoms with van der Waals surface area (Å²) < 4.78 is 3.59. The van der Waals surface area contributed by atoms with E-state index in [0.717, 1.165) is 48.4 Å². The van der Waals surface area contributed by atoms with Crippen molar-refractivity contribution in [3.63, 3.8) is 0 Å². The van der Waals surface area contributed by atoms with E-state index in [0.29, 0.717) is 17.2 Å². The number of carbonyl (C=O) groups is 1. The van der Waals surface area contributed by atoms with Crippen molar-refractivity contribution in [2.24, 2.45) is 7.05 Å². The second kappa shape index (κ2) is 6.77. The van der Waals surface area contributed by atoms with Gasteiger partial charge in [0, 0.05) is 31.4 Å². The topological polar surface area (TPSA) is 80.9 Å². The predicted molar refractivity (Wildman–Crippen MR) is 104 cm³/mol. The van der Waals surface area contributed by atoms with Gasteiger partial charge in [-0.2, -0.15) is 10.2 Å². The van der Waals surface area contributed by atoms with Crippen LogP contribution in [0.3, 0.4) is 0 Å². The minimum Gasteiger partial charge on any atom is -0.319 e. The molecule has 8 nitrogen and oxygen atoms in total. The van der Waals surface area contributed by atoms with Crippen LogP contribution in [-0.2, 0) is 13.6 Å². The lowest BCUT2D eigenvalue weighted by Crippen LogP contribution is -2.18. The number of carbonyl (C=O) groups excluding carboxylic acids is 1. The second-order valence-electron chi connectivity index (χ2n) is 7.53. The molecule has 3 aromatic heterocycles. The van der Waals surface area contributed by atoms with Crippen LogP contribution in [0.2, 0.25) is 0 Å². The Hall–Kier alpha value is -2.74. The van der Waals surface area contributed by atoms with Crippen LogP contribution in [0.4, 0.5) is 5.69 Å². The Morgan fingerprint density at radius 3 is 2.85 bits per heavy atom. The molecule has 0 atom stereocenters. The lowest BCUT2D eigenvalue weighted by molar-refractivity contribution is 0.102. The first-order valence-corrected chi connectivity index (χ1v) is 9.25. The molecular weight excluding hydrogens is 342 g/mol. The van der Waals surface area contributed by atoms with Gasteiger partial charge < -0.3 is 10.2 Å². The predicted octanol–water partition coefficient (Wildman–Crippen LogP) is 2.16. The van der Waals surface area contributed by atoms with Gasteiger partial charge in [0.1, 0.15) is 0 Å². The summed E-state index contributed by atoms with van der Waals surface area (Å²) in [4.78, 5) is 19.9. The minimum atomic E-state index is -0.146. The molecule has 0 radical (unpaired) electrons. The van der Waals surface area contributed by atoms with Crippen molar-refractivity contribution in [3.8, 4) is 0 Å². The maximum Gasteiger partial charge on any atom is 0.256 e. The normalized spacial score (nSPS) is 14.3. The molecule has 142 valence electrons. The number of rotatable bonds is 6. The maximum atomic E-state index is 13.0. The molecular formula is C19H25N7O. The molecule has 0 aliphatic heterocycles. The van der Waals surface area contributed by atoms with E-state index in [-0.39, 0.29) is 5.91 Å². The average molecular weight is 367 g/mol. The number of fused-ring (bicyclic) bond motifs is 1. The number of nitrogens with one attached hydrogen (secondary N) is 1. The van der Waals surface area contributed by atoms with E-state index >= 15 is 0 Å². The van der Waals surface area contributed by atoms with Crippen LogP contribution in [0, 0.1) is 6.92 Å². The number of aromatic nitrogens is 5. The zero-order chi connectivity index (χ0) is 19.1. The van der Waals surface area contributed by atoms with Crippen molar-refractivity contribution in [1.29, 1.82) is 0 Å². The van der Waals surface area contributed by atoms with Crippen LogP contribution in [-0.4, -0.2) is 56.0 Å².